The van der Waals surface area contributed by atoms with E-state index in [9.17, 15) is 13.2 Å². The minimum atomic E-state index is -3.72. The van der Waals surface area contributed by atoms with Crippen molar-refractivity contribution in [1.29, 1.82) is 0 Å². The molecular weight excluding hydrogens is 436 g/mol. The number of carbonyl (C=O) groups excluding carboxylic acids is 1. The number of methoxy groups -OCH3 is 1. The quantitative estimate of drug-likeness (QED) is 0.495. The highest BCUT2D eigenvalue weighted by molar-refractivity contribution is 7.89. The van der Waals surface area contributed by atoms with Crippen molar-refractivity contribution < 1.29 is 17.9 Å². The van der Waals surface area contributed by atoms with Crippen molar-refractivity contribution in [2.24, 2.45) is 0 Å². The second kappa shape index (κ2) is 10.6. The molecule has 33 heavy (non-hydrogen) atoms. The van der Waals surface area contributed by atoms with E-state index in [0.717, 1.165) is 22.4 Å². The lowest BCUT2D eigenvalue weighted by molar-refractivity contribution is -0.121. The lowest BCUT2D eigenvalue weighted by Crippen LogP contribution is -2.33. The molecule has 3 rings (SSSR count). The Morgan fingerprint density at radius 3 is 2.06 bits per heavy atom. The molecule has 0 spiro atoms. The van der Waals surface area contributed by atoms with Crippen LogP contribution in [0.3, 0.4) is 0 Å². The molecule has 0 saturated carbocycles. The van der Waals surface area contributed by atoms with Gasteiger partial charge in [0.25, 0.3) is 0 Å². The monoisotopic (exact) mass is 466 g/mol. The van der Waals surface area contributed by atoms with Crippen molar-refractivity contribution in [3.63, 3.8) is 0 Å². The zero-order valence-electron chi connectivity index (χ0n) is 19.4. The van der Waals surface area contributed by atoms with Crippen molar-refractivity contribution >= 4 is 15.9 Å². The lowest BCUT2D eigenvalue weighted by Gasteiger charge is -2.20. The predicted molar refractivity (Wildman–Crippen MR) is 130 cm³/mol. The molecule has 6 nitrogen and oxygen atoms in total. The molecule has 0 aliphatic heterocycles. The summed E-state index contributed by atoms with van der Waals surface area (Å²) in [6.07, 6.45) is 0.0165. The van der Waals surface area contributed by atoms with Crippen LogP contribution in [0, 0.1) is 20.8 Å². The Bertz CT molecular complexity index is 1180. The van der Waals surface area contributed by atoms with Crippen molar-refractivity contribution in [2.45, 2.75) is 38.1 Å². The fourth-order valence-corrected chi connectivity index (χ4v) is 5.48. The first-order valence-electron chi connectivity index (χ1n) is 10.8. The predicted octanol–water partition coefficient (Wildman–Crippen LogP) is 4.19. The SMILES string of the molecule is COc1ccc(C(NC(=O)CCNS(=O)(=O)c2c(C)cc(C)cc2C)c2ccccc2)cc1. The highest BCUT2D eigenvalue weighted by Gasteiger charge is 2.21. The smallest absolute Gasteiger partial charge is 0.241 e. The summed E-state index contributed by atoms with van der Waals surface area (Å²) in [6, 6.07) is 20.5. The van der Waals surface area contributed by atoms with Gasteiger partial charge in [-0.15, -0.1) is 0 Å². The molecular formula is C26H30N2O4S. The molecule has 0 aliphatic rings. The molecule has 0 saturated heterocycles. The Hall–Kier alpha value is -3.16. The van der Waals surface area contributed by atoms with Crippen molar-refractivity contribution in [3.8, 4) is 5.75 Å². The maximum absolute atomic E-state index is 12.8. The van der Waals surface area contributed by atoms with Gasteiger partial charge in [0, 0.05) is 13.0 Å². The molecule has 2 N–H and O–H groups in total. The Morgan fingerprint density at radius 1 is 0.909 bits per heavy atom. The molecule has 1 unspecified atom stereocenters. The Balaban J connectivity index is 1.69. The van der Waals surface area contributed by atoms with E-state index in [2.05, 4.69) is 10.0 Å². The highest BCUT2D eigenvalue weighted by atomic mass is 32.2. The normalized spacial score (nSPS) is 12.2. The van der Waals surface area contributed by atoms with Gasteiger partial charge < -0.3 is 10.1 Å². The van der Waals surface area contributed by atoms with Crippen LogP contribution in [0.1, 0.15) is 40.3 Å². The van der Waals surface area contributed by atoms with Gasteiger partial charge in [-0.2, -0.15) is 0 Å². The first-order chi connectivity index (χ1) is 15.7. The number of hydrogen-bond acceptors (Lipinski definition) is 4. The Morgan fingerprint density at radius 2 is 1.48 bits per heavy atom. The first-order valence-corrected chi connectivity index (χ1v) is 12.3. The van der Waals surface area contributed by atoms with E-state index in [1.807, 2.05) is 73.7 Å². The summed E-state index contributed by atoms with van der Waals surface area (Å²) >= 11 is 0. The molecule has 3 aromatic rings. The van der Waals surface area contributed by atoms with Crippen LogP contribution >= 0.6 is 0 Å². The van der Waals surface area contributed by atoms with Crippen molar-refractivity contribution in [3.05, 3.63) is 94.5 Å². The van der Waals surface area contributed by atoms with Gasteiger partial charge in [-0.25, -0.2) is 13.1 Å². The number of sulfonamides is 1. The van der Waals surface area contributed by atoms with Crippen molar-refractivity contribution in [1.82, 2.24) is 10.0 Å². The van der Waals surface area contributed by atoms with Gasteiger partial charge in [-0.1, -0.05) is 60.2 Å². The Kier molecular flexibility index (Phi) is 7.89. The van der Waals surface area contributed by atoms with E-state index < -0.39 is 10.0 Å². The first kappa shape index (κ1) is 24.5. The minimum Gasteiger partial charge on any atom is -0.497 e. The fourth-order valence-electron chi connectivity index (χ4n) is 4.00. The maximum atomic E-state index is 12.8. The van der Waals surface area contributed by atoms with Gasteiger partial charge in [-0.3, -0.25) is 4.79 Å². The van der Waals surface area contributed by atoms with E-state index in [4.69, 9.17) is 4.74 Å². The van der Waals surface area contributed by atoms with E-state index in [0.29, 0.717) is 11.1 Å². The molecule has 174 valence electrons. The number of benzene rings is 3. The number of nitrogens with one attached hydrogen (secondary N) is 2. The van der Waals surface area contributed by atoms with Crippen LogP contribution in [0.25, 0.3) is 0 Å². The summed E-state index contributed by atoms with van der Waals surface area (Å²) in [6.45, 7) is 5.49. The van der Waals surface area contributed by atoms with Crippen LogP contribution in [0.15, 0.2) is 71.6 Å². The summed E-state index contributed by atoms with van der Waals surface area (Å²) < 4.78 is 33.5. The third kappa shape index (κ3) is 6.21. The third-order valence-electron chi connectivity index (χ3n) is 5.40. The fraction of sp³-hybridized carbons (Fsp3) is 0.269. The second-order valence-electron chi connectivity index (χ2n) is 8.06. The van der Waals surface area contributed by atoms with E-state index in [-0.39, 0.29) is 29.8 Å². The number of ether oxygens (including phenoxy) is 1. The van der Waals surface area contributed by atoms with Crippen molar-refractivity contribution in [2.75, 3.05) is 13.7 Å². The number of rotatable bonds is 9. The van der Waals surface area contributed by atoms with Crippen LogP contribution in [0.2, 0.25) is 0 Å². The highest BCUT2D eigenvalue weighted by Crippen LogP contribution is 2.24. The number of amides is 1. The van der Waals surface area contributed by atoms with Gasteiger partial charge in [-0.05, 0) is 55.2 Å². The zero-order chi connectivity index (χ0) is 24.0. The molecule has 7 heteroatoms. The maximum Gasteiger partial charge on any atom is 0.241 e. The van der Waals surface area contributed by atoms with Gasteiger partial charge in [0.05, 0.1) is 18.0 Å². The van der Waals surface area contributed by atoms with Gasteiger partial charge >= 0.3 is 0 Å². The van der Waals surface area contributed by atoms with Crippen LogP contribution < -0.4 is 14.8 Å². The van der Waals surface area contributed by atoms with E-state index in [1.165, 1.54) is 0 Å². The van der Waals surface area contributed by atoms with Crippen LogP contribution in [0.4, 0.5) is 0 Å². The molecule has 1 atom stereocenters. The molecule has 0 bridgehead atoms. The van der Waals surface area contributed by atoms with Gasteiger partial charge in [0.1, 0.15) is 5.75 Å². The van der Waals surface area contributed by atoms with Gasteiger partial charge in [0.2, 0.25) is 15.9 Å². The molecule has 0 aliphatic carbocycles. The molecule has 0 aromatic heterocycles. The van der Waals surface area contributed by atoms with Crippen LogP contribution in [0.5, 0.6) is 5.75 Å². The molecule has 0 heterocycles. The average Bonchev–Trinajstić information content (AvgIpc) is 2.77. The molecule has 0 fully saturated rings. The summed E-state index contributed by atoms with van der Waals surface area (Å²) in [5, 5.41) is 3.03. The minimum absolute atomic E-state index is 0.00501. The summed E-state index contributed by atoms with van der Waals surface area (Å²) in [5.41, 5.74) is 4.22. The summed E-state index contributed by atoms with van der Waals surface area (Å²) in [4.78, 5) is 13.0. The third-order valence-corrected chi connectivity index (χ3v) is 7.17. The number of aryl methyl sites for hydroxylation is 3. The molecule has 0 radical (unpaired) electrons. The molecule has 1 amide bonds. The second-order valence-corrected chi connectivity index (χ2v) is 9.76. The number of carbonyl (C=O) groups is 1. The molecule has 3 aromatic carbocycles. The van der Waals surface area contributed by atoms with Crippen LogP contribution in [-0.2, 0) is 14.8 Å². The van der Waals surface area contributed by atoms with E-state index in [1.54, 1.807) is 21.0 Å². The lowest BCUT2D eigenvalue weighted by atomic mass is 9.98. The largest absolute Gasteiger partial charge is 0.497 e. The topological polar surface area (TPSA) is 84.5 Å². The summed E-state index contributed by atoms with van der Waals surface area (Å²) in [7, 11) is -2.12. The van der Waals surface area contributed by atoms with Gasteiger partial charge in [0.15, 0.2) is 0 Å². The zero-order valence-corrected chi connectivity index (χ0v) is 20.2. The standard InChI is InChI=1S/C26H30N2O4S/c1-18-16-19(2)26(20(3)17-18)33(30,31)27-15-14-24(29)28-25(21-8-6-5-7-9-21)22-10-12-23(32-4)13-11-22/h5-13,16-17,25,27H,14-15H2,1-4H3,(H,28,29). The van der Waals surface area contributed by atoms with E-state index >= 15 is 0 Å². The number of hydrogen-bond donors (Lipinski definition) is 2. The van der Waals surface area contributed by atoms with Crippen LogP contribution in [-0.4, -0.2) is 28.0 Å². The average molecular weight is 467 g/mol. The summed E-state index contributed by atoms with van der Waals surface area (Å²) in [5.74, 6) is 0.479. The Labute approximate surface area is 196 Å².